The van der Waals surface area contributed by atoms with E-state index in [1.165, 1.54) is 0 Å². The second-order valence-corrected chi connectivity index (χ2v) is 7.27. The number of fused-ring (bicyclic) bond motifs is 4. The molecule has 1 fully saturated rings. The van der Waals surface area contributed by atoms with Crippen molar-refractivity contribution in [3.63, 3.8) is 0 Å². The van der Waals surface area contributed by atoms with Gasteiger partial charge in [0, 0.05) is 12.7 Å². The maximum atomic E-state index is 13.3. The van der Waals surface area contributed by atoms with Crippen LogP contribution in [-0.4, -0.2) is 55.0 Å². The number of aromatic amines is 1. The first kappa shape index (κ1) is 16.7. The molecule has 2 aliphatic rings. The van der Waals surface area contributed by atoms with Gasteiger partial charge in [-0.05, 0) is 18.2 Å². The summed E-state index contributed by atoms with van der Waals surface area (Å²) >= 11 is 12.4. The fourth-order valence-electron chi connectivity index (χ4n) is 3.72. The average Bonchev–Trinajstić information content (AvgIpc) is 3.32. The number of hydrogen-bond donors (Lipinski definition) is 1. The summed E-state index contributed by atoms with van der Waals surface area (Å²) in [5, 5.41) is 16.1. The van der Waals surface area contributed by atoms with E-state index in [9.17, 15) is 4.79 Å². The Labute approximate surface area is 164 Å². The van der Waals surface area contributed by atoms with Gasteiger partial charge in [0.2, 0.25) is 0 Å². The number of H-pyrrole nitrogens is 1. The summed E-state index contributed by atoms with van der Waals surface area (Å²) < 4.78 is 7.73. The Morgan fingerprint density at radius 1 is 1.22 bits per heavy atom. The summed E-state index contributed by atoms with van der Waals surface area (Å²) in [6.45, 7) is 1.30. The number of benzene rings is 1. The molecule has 3 aromatic rings. The first-order valence-electron chi connectivity index (χ1n) is 8.42. The van der Waals surface area contributed by atoms with Crippen LogP contribution >= 0.6 is 23.2 Å². The normalized spacial score (nSPS) is 21.2. The second-order valence-electron chi connectivity index (χ2n) is 6.48. The molecule has 2 aromatic heterocycles. The standard InChI is InChI=1S/C17H14Cl2N6O2/c18-11-3-1-2-10(14(11)19)17(26)25-9-6-24-15(12-4-5-20-21-12)22-23-16(24)13(25)8-27-7-9/h1-5,9,13H,6-8H2,(H,20,21)/t9-,13-/m1/s1. The van der Waals surface area contributed by atoms with Gasteiger partial charge in [0.25, 0.3) is 5.91 Å². The number of amides is 1. The number of rotatable bonds is 2. The van der Waals surface area contributed by atoms with Crippen molar-refractivity contribution in [3.05, 3.63) is 51.9 Å². The summed E-state index contributed by atoms with van der Waals surface area (Å²) in [7, 11) is 0. The first-order chi connectivity index (χ1) is 13.1. The van der Waals surface area contributed by atoms with E-state index in [-0.39, 0.29) is 23.0 Å². The molecule has 10 heteroatoms. The molecule has 27 heavy (non-hydrogen) atoms. The predicted molar refractivity (Wildman–Crippen MR) is 97.6 cm³/mol. The molecule has 2 bridgehead atoms. The van der Waals surface area contributed by atoms with E-state index in [0.717, 1.165) is 5.69 Å². The molecular weight excluding hydrogens is 391 g/mol. The number of halogens is 2. The number of carbonyl (C=O) groups is 1. The number of aromatic nitrogens is 5. The summed E-state index contributed by atoms with van der Waals surface area (Å²) in [6.07, 6.45) is 1.67. The van der Waals surface area contributed by atoms with Gasteiger partial charge in [-0.1, -0.05) is 29.3 Å². The number of morpholine rings is 1. The van der Waals surface area contributed by atoms with E-state index in [4.69, 9.17) is 27.9 Å². The van der Waals surface area contributed by atoms with E-state index in [1.807, 2.05) is 10.6 Å². The van der Waals surface area contributed by atoms with Crippen molar-refractivity contribution in [2.24, 2.45) is 0 Å². The molecule has 5 rings (SSSR count). The zero-order valence-corrected chi connectivity index (χ0v) is 15.5. The SMILES string of the molecule is O=C(c1cccc(Cl)c1Cl)N1[C@H]2COC[C@@H]1c1nnc(-c3ccn[nH]3)n1C2. The summed E-state index contributed by atoms with van der Waals surface area (Å²) in [4.78, 5) is 15.1. The van der Waals surface area contributed by atoms with Crippen molar-refractivity contribution in [1.29, 1.82) is 0 Å². The van der Waals surface area contributed by atoms with Crippen LogP contribution in [0.3, 0.4) is 0 Å². The molecule has 0 aliphatic carbocycles. The Morgan fingerprint density at radius 3 is 2.93 bits per heavy atom. The van der Waals surface area contributed by atoms with Crippen molar-refractivity contribution in [3.8, 4) is 11.5 Å². The Kier molecular flexibility index (Phi) is 3.92. The minimum Gasteiger partial charge on any atom is -0.377 e. The monoisotopic (exact) mass is 404 g/mol. The molecule has 1 saturated heterocycles. The molecule has 0 unspecified atom stereocenters. The topological polar surface area (TPSA) is 88.9 Å². The number of nitrogens with zero attached hydrogens (tertiary/aromatic N) is 5. The van der Waals surface area contributed by atoms with Crippen LogP contribution in [0.2, 0.25) is 10.0 Å². The molecule has 0 saturated carbocycles. The third-order valence-corrected chi connectivity index (χ3v) is 5.76. The fourth-order valence-corrected chi connectivity index (χ4v) is 4.10. The van der Waals surface area contributed by atoms with E-state index >= 15 is 0 Å². The van der Waals surface area contributed by atoms with E-state index in [1.54, 1.807) is 29.3 Å². The minimum atomic E-state index is -0.343. The molecule has 1 aromatic carbocycles. The average molecular weight is 405 g/mol. The van der Waals surface area contributed by atoms with Crippen LogP contribution < -0.4 is 0 Å². The molecule has 0 spiro atoms. The van der Waals surface area contributed by atoms with Crippen LogP contribution in [0.4, 0.5) is 0 Å². The van der Waals surface area contributed by atoms with Gasteiger partial charge in [-0.15, -0.1) is 10.2 Å². The van der Waals surface area contributed by atoms with Gasteiger partial charge in [-0.25, -0.2) is 0 Å². The summed E-state index contributed by atoms with van der Waals surface area (Å²) in [5.41, 5.74) is 1.16. The van der Waals surface area contributed by atoms with E-state index in [2.05, 4.69) is 20.4 Å². The lowest BCUT2D eigenvalue weighted by Gasteiger charge is -2.45. The molecule has 8 nitrogen and oxygen atoms in total. The highest BCUT2D eigenvalue weighted by molar-refractivity contribution is 6.43. The highest BCUT2D eigenvalue weighted by atomic mass is 35.5. The van der Waals surface area contributed by atoms with Gasteiger partial charge in [-0.2, -0.15) is 5.10 Å². The Morgan fingerprint density at radius 2 is 2.11 bits per heavy atom. The summed E-state index contributed by atoms with van der Waals surface area (Å²) in [5.74, 6) is 1.20. The van der Waals surface area contributed by atoms with Crippen LogP contribution in [0, 0.1) is 0 Å². The largest absolute Gasteiger partial charge is 0.377 e. The maximum absolute atomic E-state index is 13.3. The molecule has 4 heterocycles. The number of nitrogens with one attached hydrogen (secondary N) is 1. The smallest absolute Gasteiger partial charge is 0.256 e. The minimum absolute atomic E-state index is 0.156. The Hall–Kier alpha value is -2.42. The molecule has 0 radical (unpaired) electrons. The molecule has 138 valence electrons. The maximum Gasteiger partial charge on any atom is 0.256 e. The molecule has 1 N–H and O–H groups in total. The highest BCUT2D eigenvalue weighted by Gasteiger charge is 2.44. The van der Waals surface area contributed by atoms with Crippen LogP contribution in [0.5, 0.6) is 0 Å². The van der Waals surface area contributed by atoms with Gasteiger partial charge in [0.05, 0.1) is 34.9 Å². The quantitative estimate of drug-likeness (QED) is 0.708. The molecular formula is C17H14Cl2N6O2. The first-order valence-corrected chi connectivity index (χ1v) is 9.18. The van der Waals surface area contributed by atoms with E-state index < -0.39 is 0 Å². The van der Waals surface area contributed by atoms with Crippen LogP contribution in [0.15, 0.2) is 30.5 Å². The third-order valence-electron chi connectivity index (χ3n) is 4.94. The lowest BCUT2D eigenvalue weighted by molar-refractivity contribution is -0.0569. The van der Waals surface area contributed by atoms with Crippen molar-refractivity contribution in [2.45, 2.75) is 18.6 Å². The Balaban J connectivity index is 1.57. The molecule has 2 aliphatic heterocycles. The summed E-state index contributed by atoms with van der Waals surface area (Å²) in [6, 6.07) is 6.40. The Bertz CT molecular complexity index is 1020. The van der Waals surface area contributed by atoms with Crippen molar-refractivity contribution in [1.82, 2.24) is 29.9 Å². The van der Waals surface area contributed by atoms with Crippen molar-refractivity contribution >= 4 is 29.1 Å². The van der Waals surface area contributed by atoms with E-state index in [0.29, 0.717) is 42.0 Å². The van der Waals surface area contributed by atoms with Crippen LogP contribution in [0.1, 0.15) is 22.2 Å². The van der Waals surface area contributed by atoms with Crippen molar-refractivity contribution < 1.29 is 9.53 Å². The second kappa shape index (κ2) is 6.33. The van der Waals surface area contributed by atoms with Gasteiger partial charge >= 0.3 is 0 Å². The zero-order chi connectivity index (χ0) is 18.5. The molecule has 1 amide bonds. The number of carbonyl (C=O) groups excluding carboxylic acids is 1. The predicted octanol–water partition coefficient (Wildman–Crippen LogP) is 2.57. The van der Waals surface area contributed by atoms with Gasteiger partial charge in [0.15, 0.2) is 11.6 Å². The van der Waals surface area contributed by atoms with Crippen LogP contribution in [0.25, 0.3) is 11.5 Å². The number of hydrogen-bond acceptors (Lipinski definition) is 5. The fraction of sp³-hybridized carbons (Fsp3) is 0.294. The zero-order valence-electron chi connectivity index (χ0n) is 14.0. The number of ether oxygens (including phenoxy) is 1. The van der Waals surface area contributed by atoms with Crippen molar-refractivity contribution in [2.75, 3.05) is 13.2 Å². The third kappa shape index (κ3) is 2.55. The van der Waals surface area contributed by atoms with Gasteiger partial charge in [0.1, 0.15) is 11.7 Å². The molecule has 2 atom stereocenters. The lowest BCUT2D eigenvalue weighted by atomic mass is 10.0. The van der Waals surface area contributed by atoms with Gasteiger partial charge in [-0.3, -0.25) is 9.89 Å². The van der Waals surface area contributed by atoms with Crippen LogP contribution in [-0.2, 0) is 11.3 Å². The van der Waals surface area contributed by atoms with Gasteiger partial charge < -0.3 is 14.2 Å². The highest BCUT2D eigenvalue weighted by Crippen LogP contribution is 2.37. The lowest BCUT2D eigenvalue weighted by Crippen LogP contribution is -2.56.